The van der Waals surface area contributed by atoms with Gasteiger partial charge in [0, 0.05) is 19.0 Å². The summed E-state index contributed by atoms with van der Waals surface area (Å²) in [5.74, 6) is 0.232. The average Bonchev–Trinajstić information content (AvgIpc) is 2.66. The van der Waals surface area contributed by atoms with Gasteiger partial charge in [0.25, 0.3) is 5.91 Å². The summed E-state index contributed by atoms with van der Waals surface area (Å²) >= 11 is 1.67. The molecule has 0 saturated heterocycles. The van der Waals surface area contributed by atoms with Crippen LogP contribution in [-0.2, 0) is 14.8 Å². The van der Waals surface area contributed by atoms with Crippen molar-refractivity contribution in [1.82, 2.24) is 9.62 Å². The van der Waals surface area contributed by atoms with Gasteiger partial charge in [-0.25, -0.2) is 12.7 Å². The van der Waals surface area contributed by atoms with E-state index in [-0.39, 0.29) is 23.5 Å². The van der Waals surface area contributed by atoms with Crippen LogP contribution in [0.15, 0.2) is 52.3 Å². The zero-order chi connectivity index (χ0) is 20.9. The number of hydrogen-bond donors (Lipinski definition) is 1. The molecule has 0 aliphatic carbocycles. The molecular formula is C20H26N2O4S2. The lowest BCUT2D eigenvalue weighted by Crippen LogP contribution is -2.31. The van der Waals surface area contributed by atoms with Gasteiger partial charge in [-0.05, 0) is 61.6 Å². The number of carbonyl (C=O) groups is 1. The molecule has 0 aliphatic heterocycles. The van der Waals surface area contributed by atoms with Crippen LogP contribution in [-0.4, -0.2) is 45.6 Å². The van der Waals surface area contributed by atoms with Crippen molar-refractivity contribution in [2.75, 3.05) is 27.0 Å². The maximum Gasteiger partial charge on any atom is 0.258 e. The highest BCUT2D eigenvalue weighted by Gasteiger charge is 2.18. The van der Waals surface area contributed by atoms with Crippen molar-refractivity contribution >= 4 is 27.7 Å². The van der Waals surface area contributed by atoms with Gasteiger partial charge in [-0.1, -0.05) is 12.1 Å². The summed E-state index contributed by atoms with van der Waals surface area (Å²) in [6.45, 7) is 3.52. The Labute approximate surface area is 171 Å². The fourth-order valence-electron chi connectivity index (χ4n) is 2.56. The fourth-order valence-corrected chi connectivity index (χ4v) is 3.95. The van der Waals surface area contributed by atoms with E-state index in [1.807, 2.05) is 37.4 Å². The Hall–Kier alpha value is -2.03. The van der Waals surface area contributed by atoms with Crippen LogP contribution < -0.4 is 10.1 Å². The molecule has 0 unspecified atom stereocenters. The van der Waals surface area contributed by atoms with E-state index in [9.17, 15) is 13.2 Å². The second kappa shape index (κ2) is 9.45. The Kier molecular flexibility index (Phi) is 7.51. The van der Waals surface area contributed by atoms with E-state index < -0.39 is 10.0 Å². The number of carbonyl (C=O) groups excluding carboxylic acids is 1. The largest absolute Gasteiger partial charge is 0.484 e. The van der Waals surface area contributed by atoms with Crippen LogP contribution in [0, 0.1) is 6.92 Å². The van der Waals surface area contributed by atoms with Crippen LogP contribution in [0.2, 0.25) is 0 Å². The molecule has 0 radical (unpaired) electrons. The van der Waals surface area contributed by atoms with Crippen molar-refractivity contribution in [2.45, 2.75) is 29.7 Å². The maximum absolute atomic E-state index is 12.2. The number of rotatable bonds is 8. The fraction of sp³-hybridized carbons (Fsp3) is 0.350. The Morgan fingerprint density at radius 1 is 1.18 bits per heavy atom. The summed E-state index contributed by atoms with van der Waals surface area (Å²) in [7, 11) is -0.539. The second-order valence-electron chi connectivity index (χ2n) is 6.57. The number of nitrogens with zero attached hydrogens (tertiary/aromatic N) is 1. The Balaban J connectivity index is 1.96. The van der Waals surface area contributed by atoms with Crippen LogP contribution in [0.4, 0.5) is 0 Å². The summed E-state index contributed by atoms with van der Waals surface area (Å²) in [5, 5.41) is 2.90. The molecule has 0 aliphatic rings. The molecule has 1 atom stereocenters. The number of ether oxygens (including phenoxy) is 1. The Bertz CT molecular complexity index is 926. The van der Waals surface area contributed by atoms with Gasteiger partial charge in [0.15, 0.2) is 6.61 Å². The summed E-state index contributed by atoms with van der Waals surface area (Å²) in [6, 6.07) is 12.5. The zero-order valence-electron chi connectivity index (χ0n) is 16.7. The molecule has 0 spiro atoms. The highest BCUT2D eigenvalue weighted by molar-refractivity contribution is 7.98. The predicted molar refractivity (Wildman–Crippen MR) is 112 cm³/mol. The van der Waals surface area contributed by atoms with Crippen molar-refractivity contribution in [3.05, 3.63) is 53.6 Å². The van der Waals surface area contributed by atoms with Crippen molar-refractivity contribution in [1.29, 1.82) is 0 Å². The molecular weight excluding hydrogens is 396 g/mol. The van der Waals surface area contributed by atoms with Gasteiger partial charge in [0.2, 0.25) is 10.0 Å². The smallest absolute Gasteiger partial charge is 0.258 e. The van der Waals surface area contributed by atoms with Gasteiger partial charge < -0.3 is 10.1 Å². The lowest BCUT2D eigenvalue weighted by atomic mass is 10.1. The average molecular weight is 423 g/mol. The summed E-state index contributed by atoms with van der Waals surface area (Å²) in [6.07, 6.45) is 2.02. The van der Waals surface area contributed by atoms with Crippen molar-refractivity contribution in [2.24, 2.45) is 0 Å². The minimum Gasteiger partial charge on any atom is -0.484 e. The number of sulfonamides is 1. The molecule has 0 bridgehead atoms. The highest BCUT2D eigenvalue weighted by atomic mass is 32.2. The van der Waals surface area contributed by atoms with Gasteiger partial charge in [0.05, 0.1) is 10.9 Å². The molecule has 0 fully saturated rings. The predicted octanol–water partition coefficient (Wildman–Crippen LogP) is 3.22. The van der Waals surface area contributed by atoms with Crippen molar-refractivity contribution < 1.29 is 17.9 Å². The first-order valence-electron chi connectivity index (χ1n) is 8.74. The lowest BCUT2D eigenvalue weighted by molar-refractivity contribution is -0.123. The molecule has 2 aromatic rings. The molecule has 28 heavy (non-hydrogen) atoms. The van der Waals surface area contributed by atoms with Crippen LogP contribution in [0.5, 0.6) is 5.75 Å². The second-order valence-corrected chi connectivity index (χ2v) is 9.60. The van der Waals surface area contributed by atoms with E-state index in [0.717, 1.165) is 9.87 Å². The highest BCUT2D eigenvalue weighted by Crippen LogP contribution is 2.23. The number of benzene rings is 2. The van der Waals surface area contributed by atoms with E-state index in [1.54, 1.807) is 30.8 Å². The summed E-state index contributed by atoms with van der Waals surface area (Å²) < 4.78 is 31.1. The normalized spacial score (nSPS) is 12.6. The number of amides is 1. The maximum atomic E-state index is 12.2. The minimum absolute atomic E-state index is 0.138. The third-order valence-corrected chi connectivity index (χ3v) is 6.83. The number of thioether (sulfide) groups is 1. The van der Waals surface area contributed by atoms with E-state index in [1.165, 1.54) is 25.1 Å². The molecule has 0 aromatic heterocycles. The van der Waals surface area contributed by atoms with Crippen LogP contribution in [0.25, 0.3) is 0 Å². The van der Waals surface area contributed by atoms with Gasteiger partial charge in [-0.3, -0.25) is 4.79 Å². The first-order valence-corrected chi connectivity index (χ1v) is 11.4. The Morgan fingerprint density at radius 3 is 2.36 bits per heavy atom. The van der Waals surface area contributed by atoms with Crippen molar-refractivity contribution in [3.8, 4) is 5.75 Å². The molecule has 1 amide bonds. The van der Waals surface area contributed by atoms with E-state index in [4.69, 9.17) is 4.74 Å². The van der Waals surface area contributed by atoms with Gasteiger partial charge in [0.1, 0.15) is 5.75 Å². The van der Waals surface area contributed by atoms with Crippen LogP contribution >= 0.6 is 11.8 Å². The minimum atomic E-state index is -3.50. The molecule has 8 heteroatoms. The first-order chi connectivity index (χ1) is 13.1. The molecule has 0 heterocycles. The topological polar surface area (TPSA) is 75.7 Å². The zero-order valence-corrected chi connectivity index (χ0v) is 18.4. The van der Waals surface area contributed by atoms with Gasteiger partial charge >= 0.3 is 0 Å². The van der Waals surface area contributed by atoms with Gasteiger partial charge in [-0.2, -0.15) is 0 Å². The van der Waals surface area contributed by atoms with Crippen molar-refractivity contribution in [3.63, 3.8) is 0 Å². The molecule has 0 saturated carbocycles. The molecule has 6 nitrogen and oxygen atoms in total. The van der Waals surface area contributed by atoms with E-state index >= 15 is 0 Å². The lowest BCUT2D eigenvalue weighted by Gasteiger charge is -2.16. The van der Waals surface area contributed by atoms with Gasteiger partial charge in [-0.15, -0.1) is 11.8 Å². The summed E-state index contributed by atoms with van der Waals surface area (Å²) in [5.41, 5.74) is 1.66. The molecule has 1 N–H and O–H groups in total. The van der Waals surface area contributed by atoms with Crippen LogP contribution in [0.1, 0.15) is 24.1 Å². The standard InChI is InChI=1S/C20H26N2O4S2/c1-14-12-18(28(24,25)22(3)4)10-11-19(14)26-13-20(23)21-15(2)16-6-8-17(27-5)9-7-16/h6-12,15H,13H2,1-5H3,(H,21,23)/t15-/m0/s1. The number of hydrogen-bond acceptors (Lipinski definition) is 5. The summed E-state index contributed by atoms with van der Waals surface area (Å²) in [4.78, 5) is 13.6. The Morgan fingerprint density at radius 2 is 1.82 bits per heavy atom. The number of nitrogens with one attached hydrogen (secondary N) is 1. The molecule has 2 rings (SSSR count). The van der Waals surface area contributed by atoms with E-state index in [2.05, 4.69) is 5.32 Å². The third kappa shape index (κ3) is 5.50. The molecule has 152 valence electrons. The third-order valence-electron chi connectivity index (χ3n) is 4.28. The SMILES string of the molecule is CSc1ccc([C@H](C)NC(=O)COc2ccc(S(=O)(=O)N(C)C)cc2C)cc1. The van der Waals surface area contributed by atoms with Crippen LogP contribution in [0.3, 0.4) is 0 Å². The van der Waals surface area contributed by atoms with E-state index in [0.29, 0.717) is 11.3 Å². The number of aryl methyl sites for hydroxylation is 1. The quantitative estimate of drug-likeness (QED) is 0.661. The monoisotopic (exact) mass is 422 g/mol. The first kappa shape index (κ1) is 22.3. The molecule has 2 aromatic carbocycles.